The maximum Gasteiger partial charge on any atom is 0.257 e. The van der Waals surface area contributed by atoms with Crippen molar-refractivity contribution in [3.8, 4) is 5.75 Å². The van der Waals surface area contributed by atoms with Crippen LogP contribution in [0.3, 0.4) is 0 Å². The number of hydrogen-bond donors (Lipinski definition) is 0. The van der Waals surface area contributed by atoms with Crippen LogP contribution in [-0.2, 0) is 16.1 Å². The maximum absolute atomic E-state index is 13.6. The maximum atomic E-state index is 13.6. The number of ether oxygens (including phenoxy) is 1. The fourth-order valence-corrected chi connectivity index (χ4v) is 4.14. The summed E-state index contributed by atoms with van der Waals surface area (Å²) in [4.78, 5) is 42.5. The number of carbonyl (C=O) groups is 3. The molecular formula is C26H23ClN2O4. The number of benzene rings is 3. The first kappa shape index (κ1) is 22.6. The van der Waals surface area contributed by atoms with Crippen molar-refractivity contribution in [1.82, 2.24) is 4.90 Å². The molecule has 1 aliphatic heterocycles. The van der Waals surface area contributed by atoms with E-state index in [1.54, 1.807) is 67.8 Å². The Balaban J connectivity index is 1.70. The first-order valence-corrected chi connectivity index (χ1v) is 10.9. The molecule has 6 nitrogen and oxygen atoms in total. The van der Waals surface area contributed by atoms with Crippen molar-refractivity contribution < 1.29 is 19.1 Å². The third kappa shape index (κ3) is 4.61. The molecule has 1 unspecified atom stereocenters. The van der Waals surface area contributed by atoms with E-state index >= 15 is 0 Å². The second-order valence-electron chi connectivity index (χ2n) is 7.88. The molecule has 3 amide bonds. The zero-order valence-electron chi connectivity index (χ0n) is 18.3. The Labute approximate surface area is 197 Å². The smallest absolute Gasteiger partial charge is 0.257 e. The summed E-state index contributed by atoms with van der Waals surface area (Å²) in [5.41, 5.74) is 2.51. The Morgan fingerprint density at radius 1 is 1.06 bits per heavy atom. The summed E-state index contributed by atoms with van der Waals surface area (Å²) in [6.07, 6.45) is -0.104. The molecule has 0 bridgehead atoms. The minimum Gasteiger partial charge on any atom is -0.497 e. The molecule has 0 aliphatic carbocycles. The van der Waals surface area contributed by atoms with Crippen molar-refractivity contribution in [1.29, 1.82) is 0 Å². The molecule has 3 aromatic carbocycles. The van der Waals surface area contributed by atoms with E-state index in [0.29, 0.717) is 27.6 Å². The molecule has 1 heterocycles. The van der Waals surface area contributed by atoms with Gasteiger partial charge in [0.2, 0.25) is 5.91 Å². The van der Waals surface area contributed by atoms with Crippen LogP contribution in [0.4, 0.5) is 5.69 Å². The summed E-state index contributed by atoms with van der Waals surface area (Å²) in [5.74, 6) is -0.527. The summed E-state index contributed by atoms with van der Waals surface area (Å²) in [5, 5.41) is 0.489. The third-order valence-corrected chi connectivity index (χ3v) is 6.02. The summed E-state index contributed by atoms with van der Waals surface area (Å²) < 4.78 is 5.16. The first-order chi connectivity index (χ1) is 15.9. The van der Waals surface area contributed by atoms with Gasteiger partial charge in [-0.05, 0) is 55.0 Å². The number of amides is 3. The standard InChI is InChI=1S/C26H23ClN2O4/c1-17-6-5-8-18(14-17)25(31)28(16-19-7-3-4-9-22(19)27)23-15-24(30)29(26(23)32)20-10-12-21(33-2)13-11-20/h3-14,23H,15-16H2,1-2H3. The number of methoxy groups -OCH3 is 1. The topological polar surface area (TPSA) is 66.9 Å². The van der Waals surface area contributed by atoms with Crippen LogP contribution >= 0.6 is 11.6 Å². The SMILES string of the molecule is COc1ccc(N2C(=O)CC(N(Cc3ccccc3Cl)C(=O)c3cccc(C)c3)C2=O)cc1. The molecule has 1 fully saturated rings. The molecule has 33 heavy (non-hydrogen) atoms. The molecule has 168 valence electrons. The number of imide groups is 1. The average Bonchev–Trinajstić information content (AvgIpc) is 3.11. The molecule has 4 rings (SSSR count). The van der Waals surface area contributed by atoms with E-state index in [1.807, 2.05) is 19.1 Å². The predicted octanol–water partition coefficient (Wildman–Crippen LogP) is 4.63. The van der Waals surface area contributed by atoms with Gasteiger partial charge in [-0.3, -0.25) is 14.4 Å². The van der Waals surface area contributed by atoms with E-state index in [9.17, 15) is 14.4 Å². The zero-order chi connectivity index (χ0) is 23.5. The van der Waals surface area contributed by atoms with Crippen LogP contribution in [0, 0.1) is 6.92 Å². The van der Waals surface area contributed by atoms with Crippen LogP contribution < -0.4 is 9.64 Å². The predicted molar refractivity (Wildman–Crippen MR) is 126 cm³/mol. The van der Waals surface area contributed by atoms with Gasteiger partial charge in [0.25, 0.3) is 11.8 Å². The molecule has 0 spiro atoms. The quantitative estimate of drug-likeness (QED) is 0.501. The van der Waals surface area contributed by atoms with Gasteiger partial charge in [0.1, 0.15) is 11.8 Å². The molecule has 1 aliphatic rings. The van der Waals surface area contributed by atoms with Gasteiger partial charge in [-0.25, -0.2) is 4.90 Å². The lowest BCUT2D eigenvalue weighted by molar-refractivity contribution is -0.122. The summed E-state index contributed by atoms with van der Waals surface area (Å²) >= 11 is 6.36. The fourth-order valence-electron chi connectivity index (χ4n) is 3.94. The molecule has 0 saturated carbocycles. The number of rotatable bonds is 6. The number of aryl methyl sites for hydroxylation is 1. The Morgan fingerprint density at radius 3 is 2.45 bits per heavy atom. The third-order valence-electron chi connectivity index (χ3n) is 5.65. The lowest BCUT2D eigenvalue weighted by Crippen LogP contribution is -2.45. The second-order valence-corrected chi connectivity index (χ2v) is 8.29. The Hall–Kier alpha value is -3.64. The minimum atomic E-state index is -0.941. The van der Waals surface area contributed by atoms with E-state index in [2.05, 4.69) is 0 Å². The summed E-state index contributed by atoms with van der Waals surface area (Å²) in [6.45, 7) is 2.00. The van der Waals surface area contributed by atoms with E-state index in [1.165, 1.54) is 4.90 Å². The summed E-state index contributed by atoms with van der Waals surface area (Å²) in [7, 11) is 1.54. The molecule has 1 atom stereocenters. The Bertz CT molecular complexity index is 1210. The van der Waals surface area contributed by atoms with E-state index < -0.39 is 11.9 Å². The van der Waals surface area contributed by atoms with Gasteiger partial charge in [0, 0.05) is 17.1 Å². The van der Waals surface area contributed by atoms with Crippen molar-refractivity contribution in [2.45, 2.75) is 25.9 Å². The van der Waals surface area contributed by atoms with Gasteiger partial charge in [0.15, 0.2) is 0 Å². The van der Waals surface area contributed by atoms with Gasteiger partial charge in [-0.15, -0.1) is 0 Å². The molecule has 0 aromatic heterocycles. The van der Waals surface area contributed by atoms with Gasteiger partial charge >= 0.3 is 0 Å². The Morgan fingerprint density at radius 2 is 1.79 bits per heavy atom. The van der Waals surface area contributed by atoms with Gasteiger partial charge in [-0.1, -0.05) is 47.5 Å². The highest BCUT2D eigenvalue weighted by molar-refractivity contribution is 6.31. The monoisotopic (exact) mass is 462 g/mol. The summed E-state index contributed by atoms with van der Waals surface area (Å²) in [6, 6.07) is 20.0. The molecule has 7 heteroatoms. The number of carbonyl (C=O) groups excluding carboxylic acids is 3. The van der Waals surface area contributed by atoms with Crippen molar-refractivity contribution in [2.75, 3.05) is 12.0 Å². The van der Waals surface area contributed by atoms with Crippen LogP contribution in [-0.4, -0.2) is 35.8 Å². The van der Waals surface area contributed by atoms with Crippen LogP contribution in [0.15, 0.2) is 72.8 Å². The van der Waals surface area contributed by atoms with E-state index in [-0.39, 0.29) is 24.8 Å². The van der Waals surface area contributed by atoms with Crippen LogP contribution in [0.25, 0.3) is 0 Å². The lowest BCUT2D eigenvalue weighted by atomic mass is 10.1. The molecular weight excluding hydrogens is 440 g/mol. The van der Waals surface area contributed by atoms with Crippen LogP contribution in [0.1, 0.15) is 27.9 Å². The van der Waals surface area contributed by atoms with Crippen LogP contribution in [0.2, 0.25) is 5.02 Å². The highest BCUT2D eigenvalue weighted by atomic mass is 35.5. The number of anilines is 1. The van der Waals surface area contributed by atoms with E-state index in [0.717, 1.165) is 10.5 Å². The number of hydrogen-bond acceptors (Lipinski definition) is 4. The van der Waals surface area contributed by atoms with Crippen molar-refractivity contribution in [3.63, 3.8) is 0 Å². The average molecular weight is 463 g/mol. The molecule has 1 saturated heterocycles. The highest BCUT2D eigenvalue weighted by Gasteiger charge is 2.44. The van der Waals surface area contributed by atoms with Crippen molar-refractivity contribution in [3.05, 3.63) is 94.5 Å². The molecule has 0 radical (unpaired) electrons. The van der Waals surface area contributed by atoms with Crippen LogP contribution in [0.5, 0.6) is 5.75 Å². The molecule has 0 N–H and O–H groups in total. The molecule has 3 aromatic rings. The Kier molecular flexibility index (Phi) is 6.47. The normalized spacial score (nSPS) is 15.6. The fraction of sp³-hybridized carbons (Fsp3) is 0.192. The minimum absolute atomic E-state index is 0.104. The highest BCUT2D eigenvalue weighted by Crippen LogP contribution is 2.30. The number of nitrogens with zero attached hydrogens (tertiary/aromatic N) is 2. The van der Waals surface area contributed by atoms with Gasteiger partial charge in [-0.2, -0.15) is 0 Å². The van der Waals surface area contributed by atoms with Crippen molar-refractivity contribution >= 4 is 35.0 Å². The largest absolute Gasteiger partial charge is 0.497 e. The van der Waals surface area contributed by atoms with Crippen molar-refractivity contribution in [2.24, 2.45) is 0 Å². The number of halogens is 1. The van der Waals surface area contributed by atoms with E-state index in [4.69, 9.17) is 16.3 Å². The first-order valence-electron chi connectivity index (χ1n) is 10.5. The van der Waals surface area contributed by atoms with Gasteiger partial charge in [0.05, 0.1) is 19.2 Å². The zero-order valence-corrected chi connectivity index (χ0v) is 19.1. The lowest BCUT2D eigenvalue weighted by Gasteiger charge is -2.28. The van der Waals surface area contributed by atoms with Gasteiger partial charge < -0.3 is 9.64 Å². The second kappa shape index (κ2) is 9.46.